The third kappa shape index (κ3) is 5.96. The Hall–Kier alpha value is -3.93. The van der Waals surface area contributed by atoms with Gasteiger partial charge in [-0.1, -0.05) is 37.3 Å². The number of rotatable bonds is 8. The lowest BCUT2D eigenvalue weighted by Gasteiger charge is -2.40. The van der Waals surface area contributed by atoms with Crippen molar-refractivity contribution < 1.29 is 27.9 Å². The summed E-state index contributed by atoms with van der Waals surface area (Å²) < 4.78 is 40.7. The minimum atomic E-state index is -4.33. The lowest BCUT2D eigenvalue weighted by molar-refractivity contribution is -0.155. The number of hydrogen-bond acceptors (Lipinski definition) is 5. The van der Waals surface area contributed by atoms with E-state index in [2.05, 4.69) is 5.32 Å². The summed E-state index contributed by atoms with van der Waals surface area (Å²) in [4.78, 5) is 52.2. The van der Waals surface area contributed by atoms with Gasteiger partial charge in [0.05, 0.1) is 17.6 Å². The fourth-order valence-electron chi connectivity index (χ4n) is 5.38. The van der Waals surface area contributed by atoms with Gasteiger partial charge < -0.3 is 15.0 Å². The van der Waals surface area contributed by atoms with E-state index in [-0.39, 0.29) is 32.4 Å². The van der Waals surface area contributed by atoms with Crippen LogP contribution in [0.1, 0.15) is 31.7 Å². The Morgan fingerprint density at radius 2 is 1.70 bits per heavy atom. The number of amides is 1. The number of hydrogen-bond donors (Lipinski definition) is 2. The average Bonchev–Trinajstić information content (AvgIpc) is 2.90. The largest absolute Gasteiger partial charge is 0.480 e. The number of piperidine rings is 1. The number of aromatic nitrogens is 2. The van der Waals surface area contributed by atoms with Gasteiger partial charge in [0, 0.05) is 31.1 Å². The summed E-state index contributed by atoms with van der Waals surface area (Å²) in [5, 5.41) is 13.8. The molecule has 0 aliphatic carbocycles. The summed E-state index contributed by atoms with van der Waals surface area (Å²) in [5.41, 5.74) is -1.08. The van der Waals surface area contributed by atoms with Gasteiger partial charge in [-0.05, 0) is 49.4 Å². The number of carboxylic acids is 1. The van der Waals surface area contributed by atoms with Gasteiger partial charge in [-0.3, -0.25) is 14.5 Å². The molecule has 1 fully saturated rings. The molecule has 2 heterocycles. The van der Waals surface area contributed by atoms with Gasteiger partial charge in [-0.25, -0.2) is 14.2 Å². The van der Waals surface area contributed by atoms with Gasteiger partial charge in [0.1, 0.15) is 6.04 Å². The highest BCUT2D eigenvalue weighted by Gasteiger charge is 2.43. The Morgan fingerprint density at radius 3 is 2.33 bits per heavy atom. The van der Waals surface area contributed by atoms with Crippen molar-refractivity contribution in [1.82, 2.24) is 19.4 Å². The van der Waals surface area contributed by atoms with Gasteiger partial charge in [0.2, 0.25) is 5.91 Å². The zero-order valence-corrected chi connectivity index (χ0v) is 22.2. The first-order valence-electron chi connectivity index (χ1n) is 13.0. The molecule has 1 aliphatic rings. The van der Waals surface area contributed by atoms with E-state index in [1.165, 1.54) is 28.8 Å². The first-order chi connectivity index (χ1) is 18.8. The molecule has 0 saturated carbocycles. The molecule has 40 heavy (non-hydrogen) atoms. The molecule has 0 radical (unpaired) electrons. The standard InChI is InChI=1S/C28H31F3N4O5/c1-3-27(11-14-34(15-12-27)17-28(29,30)31)25(39)32-21(24(37)38)16-18-6-4-8-20-19(18)7-5-9-22(20)35-23(36)10-13-33(2)26(35)40/h4-10,13,21H,3,11-12,14-17H2,1-2H3,(H,32,39)(H,37,38)/t21-/m0/s1. The Labute approximate surface area is 227 Å². The van der Waals surface area contributed by atoms with Crippen molar-refractivity contribution >= 4 is 22.6 Å². The molecule has 12 heteroatoms. The molecule has 9 nitrogen and oxygen atoms in total. The lowest BCUT2D eigenvalue weighted by Crippen LogP contribution is -2.53. The quantitative estimate of drug-likeness (QED) is 0.438. The van der Waals surface area contributed by atoms with Crippen molar-refractivity contribution in [1.29, 1.82) is 0 Å². The van der Waals surface area contributed by atoms with E-state index in [0.717, 1.165) is 4.57 Å². The smallest absolute Gasteiger partial charge is 0.401 e. The maximum Gasteiger partial charge on any atom is 0.401 e. The summed E-state index contributed by atoms with van der Waals surface area (Å²) in [6.45, 7) is 0.902. The molecule has 1 amide bonds. The molecule has 3 aromatic rings. The van der Waals surface area contributed by atoms with Crippen LogP contribution in [0.15, 0.2) is 58.3 Å². The van der Waals surface area contributed by atoms with Crippen LogP contribution in [0.2, 0.25) is 0 Å². The first kappa shape index (κ1) is 29.1. The molecule has 0 unspecified atom stereocenters. The van der Waals surface area contributed by atoms with E-state index in [1.54, 1.807) is 43.3 Å². The molecule has 2 N–H and O–H groups in total. The van der Waals surface area contributed by atoms with Crippen LogP contribution in [0.5, 0.6) is 0 Å². The van der Waals surface area contributed by atoms with Crippen LogP contribution in [-0.2, 0) is 23.1 Å². The molecule has 0 spiro atoms. The number of aliphatic carboxylic acids is 1. The van der Waals surface area contributed by atoms with Gasteiger partial charge in [0.25, 0.3) is 5.56 Å². The molecule has 4 rings (SSSR count). The number of fused-ring (bicyclic) bond motifs is 1. The van der Waals surface area contributed by atoms with E-state index in [4.69, 9.17) is 0 Å². The van der Waals surface area contributed by atoms with Crippen LogP contribution in [0.4, 0.5) is 13.2 Å². The number of carbonyl (C=O) groups is 2. The van der Waals surface area contributed by atoms with Gasteiger partial charge in [-0.15, -0.1) is 0 Å². The van der Waals surface area contributed by atoms with E-state index in [9.17, 15) is 37.5 Å². The fraction of sp³-hybridized carbons (Fsp3) is 0.429. The lowest BCUT2D eigenvalue weighted by atomic mass is 9.75. The Morgan fingerprint density at radius 1 is 1.05 bits per heavy atom. The molecule has 1 atom stereocenters. The second-order valence-corrected chi connectivity index (χ2v) is 10.3. The van der Waals surface area contributed by atoms with Crippen molar-refractivity contribution in [3.63, 3.8) is 0 Å². The molecular weight excluding hydrogens is 529 g/mol. The minimum Gasteiger partial charge on any atom is -0.480 e. The highest BCUT2D eigenvalue weighted by Crippen LogP contribution is 2.36. The molecule has 1 saturated heterocycles. The van der Waals surface area contributed by atoms with Gasteiger partial charge in [-0.2, -0.15) is 13.2 Å². The van der Waals surface area contributed by atoms with Crippen LogP contribution >= 0.6 is 0 Å². The predicted molar refractivity (Wildman–Crippen MR) is 143 cm³/mol. The van der Waals surface area contributed by atoms with Gasteiger partial charge >= 0.3 is 17.8 Å². The zero-order chi connectivity index (χ0) is 29.2. The zero-order valence-electron chi connectivity index (χ0n) is 22.2. The molecule has 214 valence electrons. The van der Waals surface area contributed by atoms with Crippen molar-refractivity contribution in [2.75, 3.05) is 19.6 Å². The molecule has 1 aliphatic heterocycles. The maximum atomic E-state index is 13.4. The van der Waals surface area contributed by atoms with E-state index in [0.29, 0.717) is 28.4 Å². The predicted octanol–water partition coefficient (Wildman–Crippen LogP) is 2.86. The van der Waals surface area contributed by atoms with Crippen LogP contribution in [0, 0.1) is 5.41 Å². The summed E-state index contributed by atoms with van der Waals surface area (Å²) in [7, 11) is 1.53. The normalized spacial score (nSPS) is 16.5. The summed E-state index contributed by atoms with van der Waals surface area (Å²) in [5.74, 6) is -1.75. The second kappa shape index (κ2) is 11.3. The Balaban J connectivity index is 1.60. The van der Waals surface area contributed by atoms with Crippen molar-refractivity contribution in [3.8, 4) is 5.69 Å². The minimum absolute atomic E-state index is 0.0798. The molecule has 2 aromatic carbocycles. The number of carboxylic acid groups (broad SMARTS) is 1. The first-order valence-corrected chi connectivity index (χ1v) is 13.0. The number of aryl methyl sites for hydroxylation is 1. The third-order valence-corrected chi connectivity index (χ3v) is 7.79. The molecule has 0 bridgehead atoms. The number of benzene rings is 2. The SMILES string of the molecule is CCC1(C(=O)N[C@@H](Cc2cccc3c(-n4c(=O)ccn(C)c4=O)cccc23)C(=O)O)CCN(CC(F)(F)F)CC1. The topological polar surface area (TPSA) is 114 Å². The monoisotopic (exact) mass is 560 g/mol. The number of likely N-dealkylation sites (tertiary alicyclic amines) is 1. The second-order valence-electron chi connectivity index (χ2n) is 10.3. The fourth-order valence-corrected chi connectivity index (χ4v) is 5.38. The maximum absolute atomic E-state index is 13.4. The molecule has 1 aromatic heterocycles. The highest BCUT2D eigenvalue weighted by molar-refractivity contribution is 5.93. The van der Waals surface area contributed by atoms with E-state index in [1.807, 2.05) is 0 Å². The summed E-state index contributed by atoms with van der Waals surface area (Å²) >= 11 is 0. The van der Waals surface area contributed by atoms with Crippen LogP contribution in [0.25, 0.3) is 16.5 Å². The summed E-state index contributed by atoms with van der Waals surface area (Å²) in [6, 6.07) is 10.1. The third-order valence-electron chi connectivity index (χ3n) is 7.79. The van der Waals surface area contributed by atoms with Crippen LogP contribution < -0.4 is 16.6 Å². The number of alkyl halides is 3. The number of halogens is 3. The van der Waals surface area contributed by atoms with Crippen molar-refractivity contribution in [2.24, 2.45) is 12.5 Å². The number of nitrogens with zero attached hydrogens (tertiary/aromatic N) is 3. The van der Waals surface area contributed by atoms with Crippen molar-refractivity contribution in [3.05, 3.63) is 75.1 Å². The average molecular weight is 561 g/mol. The Kier molecular flexibility index (Phi) is 8.20. The number of nitrogens with one attached hydrogen (secondary N) is 1. The Bertz CT molecular complexity index is 1540. The summed E-state index contributed by atoms with van der Waals surface area (Å²) in [6.07, 6.45) is -2.29. The number of carbonyl (C=O) groups excluding carboxylic acids is 1. The van der Waals surface area contributed by atoms with Gasteiger partial charge in [0.15, 0.2) is 0 Å². The highest BCUT2D eigenvalue weighted by atomic mass is 19.4. The molecular formula is C28H31F3N4O5. The van der Waals surface area contributed by atoms with E-state index >= 15 is 0 Å². The van der Waals surface area contributed by atoms with Crippen molar-refractivity contribution in [2.45, 2.75) is 44.8 Å². The van der Waals surface area contributed by atoms with Crippen LogP contribution in [-0.4, -0.2) is 62.9 Å². The van der Waals surface area contributed by atoms with Crippen LogP contribution in [0.3, 0.4) is 0 Å². The van der Waals surface area contributed by atoms with E-state index < -0.39 is 47.3 Å².